The predicted molar refractivity (Wildman–Crippen MR) is 99.0 cm³/mol. The summed E-state index contributed by atoms with van der Waals surface area (Å²) in [6.07, 6.45) is 3.63. The van der Waals surface area contributed by atoms with Gasteiger partial charge in [-0.2, -0.15) is 0 Å². The molecule has 4 nitrogen and oxygen atoms in total. The maximum atomic E-state index is 11.6. The fourth-order valence-electron chi connectivity index (χ4n) is 3.10. The van der Waals surface area contributed by atoms with E-state index < -0.39 is 0 Å². The Labute approximate surface area is 145 Å². The zero-order valence-corrected chi connectivity index (χ0v) is 14.1. The molecule has 4 heteroatoms. The highest BCUT2D eigenvalue weighted by atomic mass is 16.1. The largest absolute Gasteiger partial charge is 0.297 e. The minimum atomic E-state index is 0.0488. The van der Waals surface area contributed by atoms with Gasteiger partial charge in [0.15, 0.2) is 5.78 Å². The highest BCUT2D eigenvalue weighted by Gasteiger charge is 2.12. The molecular formula is C21H17N3O. The van der Waals surface area contributed by atoms with E-state index in [0.717, 1.165) is 33.7 Å². The van der Waals surface area contributed by atoms with Gasteiger partial charge in [-0.1, -0.05) is 18.2 Å². The standard InChI is InChI=1S/C21H17N3O/c1-14(25)16-8-9-21-20(12-16)23-15(2)24(21)19-7-3-5-17(11-19)18-6-4-10-22-13-18/h3-13H,1-2H3. The molecule has 2 heterocycles. The van der Waals surface area contributed by atoms with E-state index in [4.69, 9.17) is 0 Å². The second-order valence-corrected chi connectivity index (χ2v) is 6.05. The summed E-state index contributed by atoms with van der Waals surface area (Å²) in [6, 6.07) is 17.9. The number of fused-ring (bicyclic) bond motifs is 1. The fourth-order valence-corrected chi connectivity index (χ4v) is 3.10. The van der Waals surface area contributed by atoms with Crippen molar-refractivity contribution in [3.63, 3.8) is 0 Å². The summed E-state index contributed by atoms with van der Waals surface area (Å²) in [4.78, 5) is 20.4. The van der Waals surface area contributed by atoms with Crippen LogP contribution in [0.25, 0.3) is 27.8 Å². The number of carbonyl (C=O) groups is 1. The van der Waals surface area contributed by atoms with Crippen molar-refractivity contribution in [3.8, 4) is 16.8 Å². The number of ketones is 1. The van der Waals surface area contributed by atoms with E-state index in [1.165, 1.54) is 0 Å². The first-order chi connectivity index (χ1) is 12.1. The van der Waals surface area contributed by atoms with E-state index in [-0.39, 0.29) is 5.78 Å². The van der Waals surface area contributed by atoms with Crippen LogP contribution >= 0.6 is 0 Å². The molecule has 0 N–H and O–H groups in total. The third-order valence-corrected chi connectivity index (χ3v) is 4.33. The molecule has 4 rings (SSSR count). The van der Waals surface area contributed by atoms with Gasteiger partial charge in [0.1, 0.15) is 5.82 Å². The molecule has 0 aliphatic carbocycles. The van der Waals surface area contributed by atoms with Gasteiger partial charge in [0.2, 0.25) is 0 Å². The van der Waals surface area contributed by atoms with Gasteiger partial charge in [-0.05, 0) is 55.8 Å². The number of hydrogen-bond donors (Lipinski definition) is 0. The third kappa shape index (κ3) is 2.72. The molecule has 0 spiro atoms. The van der Waals surface area contributed by atoms with E-state index in [0.29, 0.717) is 5.56 Å². The zero-order valence-electron chi connectivity index (χ0n) is 14.1. The van der Waals surface area contributed by atoms with Crippen LogP contribution in [0.1, 0.15) is 23.1 Å². The second kappa shape index (κ2) is 5.98. The number of carbonyl (C=O) groups excluding carboxylic acids is 1. The van der Waals surface area contributed by atoms with E-state index >= 15 is 0 Å². The number of imidazole rings is 1. The molecule has 2 aromatic carbocycles. The SMILES string of the molecule is CC(=O)c1ccc2c(c1)nc(C)n2-c1cccc(-c2cccnc2)c1. The van der Waals surface area contributed by atoms with E-state index in [1.807, 2.05) is 49.5 Å². The Bertz CT molecular complexity index is 1080. The van der Waals surface area contributed by atoms with Crippen LogP contribution in [0.3, 0.4) is 0 Å². The summed E-state index contributed by atoms with van der Waals surface area (Å²) < 4.78 is 2.11. The van der Waals surface area contributed by atoms with Crippen molar-refractivity contribution in [1.29, 1.82) is 0 Å². The molecule has 0 aliphatic heterocycles. The molecule has 0 saturated heterocycles. The van der Waals surface area contributed by atoms with Gasteiger partial charge >= 0.3 is 0 Å². The van der Waals surface area contributed by atoms with E-state index in [2.05, 4.69) is 32.7 Å². The van der Waals surface area contributed by atoms with Crippen LogP contribution in [0.4, 0.5) is 0 Å². The van der Waals surface area contributed by atoms with Crippen LogP contribution in [0.5, 0.6) is 0 Å². The molecule has 0 aliphatic rings. The summed E-state index contributed by atoms with van der Waals surface area (Å²) in [6.45, 7) is 3.55. The van der Waals surface area contributed by atoms with Crippen molar-refractivity contribution in [2.75, 3.05) is 0 Å². The van der Waals surface area contributed by atoms with Crippen LogP contribution in [0, 0.1) is 6.92 Å². The smallest absolute Gasteiger partial charge is 0.159 e. The highest BCUT2D eigenvalue weighted by Crippen LogP contribution is 2.26. The maximum Gasteiger partial charge on any atom is 0.159 e. The Hall–Kier alpha value is -3.27. The van der Waals surface area contributed by atoms with Crippen molar-refractivity contribution in [1.82, 2.24) is 14.5 Å². The van der Waals surface area contributed by atoms with Crippen molar-refractivity contribution in [3.05, 3.63) is 78.4 Å². The molecule has 4 aromatic rings. The van der Waals surface area contributed by atoms with Crippen LogP contribution in [-0.4, -0.2) is 20.3 Å². The highest BCUT2D eigenvalue weighted by molar-refractivity contribution is 5.97. The van der Waals surface area contributed by atoms with Gasteiger partial charge in [-0.3, -0.25) is 14.3 Å². The lowest BCUT2D eigenvalue weighted by Crippen LogP contribution is -1.97. The monoisotopic (exact) mass is 327 g/mol. The summed E-state index contributed by atoms with van der Waals surface area (Å²) in [5, 5.41) is 0. The van der Waals surface area contributed by atoms with Crippen molar-refractivity contribution in [2.24, 2.45) is 0 Å². The molecule has 0 amide bonds. The summed E-state index contributed by atoms with van der Waals surface area (Å²) in [5.41, 5.74) is 5.72. The number of hydrogen-bond acceptors (Lipinski definition) is 3. The zero-order chi connectivity index (χ0) is 17.4. The predicted octanol–water partition coefficient (Wildman–Crippen LogP) is 4.60. The number of aryl methyl sites for hydroxylation is 1. The molecule has 0 fully saturated rings. The molecule has 0 bridgehead atoms. The average molecular weight is 327 g/mol. The van der Waals surface area contributed by atoms with Gasteiger partial charge in [0, 0.05) is 29.2 Å². The molecule has 0 saturated carbocycles. The lowest BCUT2D eigenvalue weighted by atomic mass is 10.1. The number of aromatic nitrogens is 3. The second-order valence-electron chi connectivity index (χ2n) is 6.05. The number of Topliss-reactive ketones (excluding diaryl/α,β-unsaturated/α-hetero) is 1. The molecule has 0 unspecified atom stereocenters. The summed E-state index contributed by atoms with van der Waals surface area (Å²) in [5.74, 6) is 0.937. The van der Waals surface area contributed by atoms with Crippen LogP contribution in [0.2, 0.25) is 0 Å². The molecular weight excluding hydrogens is 310 g/mol. The first kappa shape index (κ1) is 15.3. The van der Waals surface area contributed by atoms with Crippen molar-refractivity contribution < 1.29 is 4.79 Å². The Morgan fingerprint density at radius 1 is 1.00 bits per heavy atom. The lowest BCUT2D eigenvalue weighted by Gasteiger charge is -2.09. The topological polar surface area (TPSA) is 47.8 Å². The minimum absolute atomic E-state index is 0.0488. The van der Waals surface area contributed by atoms with Crippen molar-refractivity contribution in [2.45, 2.75) is 13.8 Å². The number of pyridine rings is 1. The molecule has 0 atom stereocenters. The fraction of sp³-hybridized carbons (Fsp3) is 0.0952. The molecule has 0 radical (unpaired) electrons. The Morgan fingerprint density at radius 2 is 1.84 bits per heavy atom. The number of benzene rings is 2. The summed E-state index contributed by atoms with van der Waals surface area (Å²) in [7, 11) is 0. The normalized spacial score (nSPS) is 11.0. The quantitative estimate of drug-likeness (QED) is 0.517. The number of nitrogens with zero attached hydrogens (tertiary/aromatic N) is 3. The minimum Gasteiger partial charge on any atom is -0.297 e. The lowest BCUT2D eigenvalue weighted by molar-refractivity contribution is 0.101. The average Bonchev–Trinajstić information content (AvgIpc) is 2.97. The molecule has 25 heavy (non-hydrogen) atoms. The van der Waals surface area contributed by atoms with Crippen LogP contribution < -0.4 is 0 Å². The Kier molecular flexibility index (Phi) is 3.65. The van der Waals surface area contributed by atoms with Gasteiger partial charge in [0.25, 0.3) is 0 Å². The first-order valence-electron chi connectivity index (χ1n) is 8.14. The number of rotatable bonds is 3. The molecule has 122 valence electrons. The van der Waals surface area contributed by atoms with E-state index in [1.54, 1.807) is 13.1 Å². The van der Waals surface area contributed by atoms with Gasteiger partial charge in [-0.25, -0.2) is 4.98 Å². The van der Waals surface area contributed by atoms with Gasteiger partial charge < -0.3 is 0 Å². The third-order valence-electron chi connectivity index (χ3n) is 4.33. The van der Waals surface area contributed by atoms with Crippen LogP contribution in [0.15, 0.2) is 67.0 Å². The van der Waals surface area contributed by atoms with Crippen molar-refractivity contribution >= 4 is 16.8 Å². The first-order valence-corrected chi connectivity index (χ1v) is 8.14. The Balaban J connectivity index is 1.88. The Morgan fingerprint density at radius 3 is 2.60 bits per heavy atom. The van der Waals surface area contributed by atoms with Gasteiger partial charge in [0.05, 0.1) is 11.0 Å². The maximum absolute atomic E-state index is 11.6. The van der Waals surface area contributed by atoms with Crippen LogP contribution in [-0.2, 0) is 0 Å². The summed E-state index contributed by atoms with van der Waals surface area (Å²) >= 11 is 0. The van der Waals surface area contributed by atoms with Gasteiger partial charge in [-0.15, -0.1) is 0 Å². The van der Waals surface area contributed by atoms with E-state index in [9.17, 15) is 4.79 Å². The molecule has 2 aromatic heterocycles.